The van der Waals surface area contributed by atoms with Gasteiger partial charge in [-0.05, 0) is 75.3 Å². The Labute approximate surface area is 231 Å². The van der Waals surface area contributed by atoms with E-state index < -0.39 is 0 Å². The number of ether oxygens (including phenoxy) is 1. The fourth-order valence-corrected chi connectivity index (χ4v) is 6.57. The average molecular weight is 510 g/mol. The van der Waals surface area contributed by atoms with Gasteiger partial charge in [-0.15, -0.1) is 0 Å². The van der Waals surface area contributed by atoms with E-state index >= 15 is 0 Å². The van der Waals surface area contributed by atoms with E-state index in [1.54, 1.807) is 0 Å². The van der Waals surface area contributed by atoms with Crippen LogP contribution in [-0.4, -0.2) is 4.57 Å². The molecule has 2 heteroatoms. The minimum atomic E-state index is 0.915. The highest BCUT2D eigenvalue weighted by atomic mass is 16.5. The van der Waals surface area contributed by atoms with Crippen LogP contribution in [0.2, 0.25) is 0 Å². The molecule has 0 fully saturated rings. The van der Waals surface area contributed by atoms with Crippen LogP contribution < -0.4 is 4.74 Å². The van der Waals surface area contributed by atoms with Crippen molar-refractivity contribution in [1.82, 2.24) is 4.57 Å². The first-order valence-corrected chi connectivity index (χ1v) is 13.7. The molecule has 7 aromatic carbocycles. The second-order valence-corrected chi connectivity index (χ2v) is 10.6. The van der Waals surface area contributed by atoms with Gasteiger partial charge in [0, 0.05) is 27.4 Å². The van der Waals surface area contributed by atoms with Crippen LogP contribution in [0.3, 0.4) is 0 Å². The minimum Gasteiger partial charge on any atom is -0.456 e. The number of aromatic nitrogens is 1. The Hall–Kier alpha value is -5.34. The zero-order valence-electron chi connectivity index (χ0n) is 21.6. The number of rotatable bonds is 2. The summed E-state index contributed by atoms with van der Waals surface area (Å²) in [7, 11) is 0. The third-order valence-electron chi connectivity index (χ3n) is 8.37. The number of nitrogens with zero attached hydrogens (tertiary/aromatic N) is 1. The highest BCUT2D eigenvalue weighted by molar-refractivity contribution is 6.13. The van der Waals surface area contributed by atoms with Gasteiger partial charge in [0.05, 0.1) is 11.0 Å². The molecule has 0 saturated carbocycles. The van der Waals surface area contributed by atoms with E-state index in [1.165, 1.54) is 65.7 Å². The summed E-state index contributed by atoms with van der Waals surface area (Å²) in [5.41, 5.74) is 8.39. The molecule has 1 aliphatic rings. The zero-order valence-corrected chi connectivity index (χ0v) is 21.6. The number of hydrogen-bond acceptors (Lipinski definition) is 1. The van der Waals surface area contributed by atoms with Crippen LogP contribution in [0.4, 0.5) is 0 Å². The van der Waals surface area contributed by atoms with Gasteiger partial charge in [0.25, 0.3) is 0 Å². The van der Waals surface area contributed by atoms with E-state index in [9.17, 15) is 0 Å². The van der Waals surface area contributed by atoms with Crippen molar-refractivity contribution in [2.24, 2.45) is 0 Å². The Morgan fingerprint density at radius 2 is 1.20 bits per heavy atom. The van der Waals surface area contributed by atoms with Gasteiger partial charge < -0.3 is 9.30 Å². The molecule has 9 rings (SSSR count). The second kappa shape index (κ2) is 8.08. The van der Waals surface area contributed by atoms with Gasteiger partial charge in [0.2, 0.25) is 0 Å². The Morgan fingerprint density at radius 3 is 2.17 bits per heavy atom. The highest BCUT2D eigenvalue weighted by Gasteiger charge is 2.21. The van der Waals surface area contributed by atoms with Crippen LogP contribution in [0, 0.1) is 0 Å². The van der Waals surface area contributed by atoms with E-state index in [0.717, 1.165) is 17.1 Å². The molecule has 8 aromatic rings. The van der Waals surface area contributed by atoms with Gasteiger partial charge in [-0.2, -0.15) is 0 Å². The first-order chi connectivity index (χ1) is 19.8. The molecule has 0 saturated heterocycles. The first-order valence-electron chi connectivity index (χ1n) is 13.7. The minimum absolute atomic E-state index is 0.915. The maximum atomic E-state index is 6.35. The van der Waals surface area contributed by atoms with Crippen molar-refractivity contribution in [3.63, 3.8) is 0 Å². The third-order valence-corrected chi connectivity index (χ3v) is 8.37. The van der Waals surface area contributed by atoms with Crippen molar-refractivity contribution in [2.45, 2.75) is 0 Å². The number of fused-ring (bicyclic) bond motifs is 6. The van der Waals surface area contributed by atoms with E-state index in [4.69, 9.17) is 4.74 Å². The Balaban J connectivity index is 1.29. The fourth-order valence-electron chi connectivity index (χ4n) is 6.57. The van der Waals surface area contributed by atoms with Crippen LogP contribution in [0.5, 0.6) is 11.5 Å². The monoisotopic (exact) mass is 509 g/mol. The van der Waals surface area contributed by atoms with E-state index in [2.05, 4.69) is 132 Å². The summed E-state index contributed by atoms with van der Waals surface area (Å²) in [6.45, 7) is 0. The molecular formula is C38H23NO. The van der Waals surface area contributed by atoms with Gasteiger partial charge >= 0.3 is 0 Å². The summed E-state index contributed by atoms with van der Waals surface area (Å²) in [6.07, 6.45) is 0. The highest BCUT2D eigenvalue weighted by Crippen LogP contribution is 2.48. The third kappa shape index (κ3) is 2.99. The van der Waals surface area contributed by atoms with Gasteiger partial charge in [-0.3, -0.25) is 0 Å². The molecule has 0 N–H and O–H groups in total. The van der Waals surface area contributed by atoms with Crippen LogP contribution in [0.1, 0.15) is 0 Å². The summed E-state index contributed by atoms with van der Waals surface area (Å²) >= 11 is 0. The van der Waals surface area contributed by atoms with E-state index in [0.29, 0.717) is 0 Å². The summed E-state index contributed by atoms with van der Waals surface area (Å²) in [6, 6.07) is 50.1. The van der Waals surface area contributed by atoms with Gasteiger partial charge in [-0.25, -0.2) is 0 Å². The average Bonchev–Trinajstić information content (AvgIpc) is 3.35. The Morgan fingerprint density at radius 1 is 0.425 bits per heavy atom. The molecular weight excluding hydrogens is 486 g/mol. The predicted octanol–water partition coefficient (Wildman–Crippen LogP) is 10.5. The van der Waals surface area contributed by atoms with Crippen molar-refractivity contribution in [1.29, 1.82) is 0 Å². The van der Waals surface area contributed by atoms with Crippen LogP contribution >= 0.6 is 0 Å². The molecule has 0 spiro atoms. The molecule has 1 aliphatic heterocycles. The molecule has 0 radical (unpaired) electrons. The van der Waals surface area contributed by atoms with Crippen LogP contribution in [0.25, 0.3) is 71.3 Å². The van der Waals surface area contributed by atoms with Crippen molar-refractivity contribution in [3.8, 4) is 39.4 Å². The standard InChI is InChI=1S/C38H23NO/c1-2-9-25-22-27(18-16-24(25)8-1)39-34-14-5-3-10-29(34)33-23-26(17-20-35(33)39)28-19-21-37-38-31(28)12-7-13-32(38)30-11-4-6-15-36(30)40-37/h1-23H. The normalized spacial score (nSPS) is 12.2. The molecule has 0 unspecified atom stereocenters. The first kappa shape index (κ1) is 21.6. The van der Waals surface area contributed by atoms with Crippen LogP contribution in [0.15, 0.2) is 140 Å². The van der Waals surface area contributed by atoms with Crippen LogP contribution in [-0.2, 0) is 0 Å². The Bertz CT molecular complexity index is 2310. The molecule has 2 nitrogen and oxygen atoms in total. The maximum Gasteiger partial charge on any atom is 0.135 e. The molecule has 0 aliphatic carbocycles. The Kier molecular flexibility index (Phi) is 4.36. The quantitative estimate of drug-likeness (QED) is 0.226. The van der Waals surface area contributed by atoms with Gasteiger partial charge in [-0.1, -0.05) is 97.1 Å². The lowest BCUT2D eigenvalue weighted by Gasteiger charge is -2.22. The zero-order chi connectivity index (χ0) is 26.2. The molecule has 2 heterocycles. The summed E-state index contributed by atoms with van der Waals surface area (Å²) in [5, 5.41) is 7.40. The second-order valence-electron chi connectivity index (χ2n) is 10.6. The van der Waals surface area contributed by atoms with Crippen molar-refractivity contribution >= 4 is 43.4 Å². The molecule has 40 heavy (non-hydrogen) atoms. The summed E-state index contributed by atoms with van der Waals surface area (Å²) < 4.78 is 8.74. The van der Waals surface area contributed by atoms with E-state index in [-0.39, 0.29) is 0 Å². The molecule has 0 bridgehead atoms. The molecule has 0 amide bonds. The lowest BCUT2D eigenvalue weighted by atomic mass is 9.90. The largest absolute Gasteiger partial charge is 0.456 e. The summed E-state index contributed by atoms with van der Waals surface area (Å²) in [4.78, 5) is 0. The van der Waals surface area contributed by atoms with Gasteiger partial charge in [0.1, 0.15) is 11.5 Å². The van der Waals surface area contributed by atoms with Gasteiger partial charge in [0.15, 0.2) is 0 Å². The number of hydrogen-bond donors (Lipinski definition) is 0. The lowest BCUT2D eigenvalue weighted by Crippen LogP contribution is -1.97. The lowest BCUT2D eigenvalue weighted by molar-refractivity contribution is 0.487. The fraction of sp³-hybridized carbons (Fsp3) is 0. The SMILES string of the molecule is c1ccc2c(c1)Oc1ccc(-c3ccc4c(c3)c3ccccc3n4-c3ccc4ccccc4c3)c3cccc-2c13. The maximum absolute atomic E-state index is 6.35. The molecule has 186 valence electrons. The van der Waals surface area contributed by atoms with Crippen molar-refractivity contribution < 1.29 is 4.74 Å². The predicted molar refractivity (Wildman–Crippen MR) is 167 cm³/mol. The number of para-hydroxylation sites is 2. The molecule has 1 aromatic heterocycles. The van der Waals surface area contributed by atoms with Crippen molar-refractivity contribution in [2.75, 3.05) is 0 Å². The topological polar surface area (TPSA) is 14.2 Å². The smallest absolute Gasteiger partial charge is 0.135 e. The van der Waals surface area contributed by atoms with E-state index in [1.807, 2.05) is 12.1 Å². The summed E-state index contributed by atoms with van der Waals surface area (Å²) in [5.74, 6) is 1.83. The molecule has 0 atom stereocenters. The van der Waals surface area contributed by atoms with Crippen molar-refractivity contribution in [3.05, 3.63) is 140 Å². The number of benzene rings is 7.